The molecule has 13 nitrogen and oxygen atoms in total. The molecular formula is C29H29N5O8. The van der Waals surface area contributed by atoms with Gasteiger partial charge in [0, 0.05) is 5.56 Å². The van der Waals surface area contributed by atoms with Gasteiger partial charge in [0.05, 0.1) is 26.1 Å². The van der Waals surface area contributed by atoms with E-state index in [9.17, 15) is 9.59 Å². The SMILES string of the molecule is COc1ccc(C(=O)Nc2ncnc3c2ncn3[C@@H]2O[C@H](COC(=O)c3ccc(OC)cc3)[C@H]3OC(C)(C)O[C@H]32)cc1. The Hall–Kier alpha value is -4.59. The maximum absolute atomic E-state index is 12.9. The maximum Gasteiger partial charge on any atom is 0.338 e. The molecule has 4 aromatic rings. The predicted octanol–water partition coefficient (Wildman–Crippen LogP) is 3.37. The van der Waals surface area contributed by atoms with E-state index in [0.717, 1.165) is 0 Å². The van der Waals surface area contributed by atoms with Crippen LogP contribution in [0.5, 0.6) is 11.5 Å². The first kappa shape index (κ1) is 27.6. The number of amides is 1. The average Bonchev–Trinajstić information content (AvgIpc) is 3.67. The Kier molecular flexibility index (Phi) is 7.22. The molecule has 4 heterocycles. The molecular weight excluding hydrogens is 546 g/mol. The number of carbonyl (C=O) groups is 2. The largest absolute Gasteiger partial charge is 0.497 e. The summed E-state index contributed by atoms with van der Waals surface area (Å²) in [6.45, 7) is 3.56. The Morgan fingerprint density at radius 2 is 1.55 bits per heavy atom. The number of rotatable bonds is 8. The minimum Gasteiger partial charge on any atom is -0.497 e. The Morgan fingerprint density at radius 1 is 0.905 bits per heavy atom. The van der Waals surface area contributed by atoms with Gasteiger partial charge in [-0.15, -0.1) is 0 Å². The van der Waals surface area contributed by atoms with E-state index in [1.807, 2.05) is 13.8 Å². The van der Waals surface area contributed by atoms with Gasteiger partial charge in [-0.3, -0.25) is 9.36 Å². The summed E-state index contributed by atoms with van der Waals surface area (Å²) in [6, 6.07) is 13.3. The zero-order valence-corrected chi connectivity index (χ0v) is 23.3. The molecule has 2 aliphatic rings. The highest BCUT2D eigenvalue weighted by atomic mass is 16.8. The van der Waals surface area contributed by atoms with Gasteiger partial charge in [0.25, 0.3) is 5.91 Å². The van der Waals surface area contributed by atoms with E-state index >= 15 is 0 Å². The number of ether oxygens (including phenoxy) is 6. The number of carbonyl (C=O) groups excluding carboxylic acids is 2. The minimum absolute atomic E-state index is 0.0627. The molecule has 1 N–H and O–H groups in total. The molecule has 2 aromatic heterocycles. The highest BCUT2D eigenvalue weighted by molar-refractivity contribution is 6.06. The molecule has 6 rings (SSSR count). The smallest absolute Gasteiger partial charge is 0.338 e. The van der Waals surface area contributed by atoms with Crippen molar-refractivity contribution in [2.45, 2.75) is 44.2 Å². The number of aromatic nitrogens is 4. The number of hydrogen-bond acceptors (Lipinski definition) is 11. The summed E-state index contributed by atoms with van der Waals surface area (Å²) in [7, 11) is 3.11. The summed E-state index contributed by atoms with van der Waals surface area (Å²) in [6.07, 6.45) is 0.478. The molecule has 1 amide bonds. The van der Waals surface area contributed by atoms with Crippen molar-refractivity contribution in [3.8, 4) is 11.5 Å². The summed E-state index contributed by atoms with van der Waals surface area (Å²) in [5.74, 6) is -0.245. The van der Waals surface area contributed by atoms with Crippen LogP contribution in [0.2, 0.25) is 0 Å². The maximum atomic E-state index is 12.9. The van der Waals surface area contributed by atoms with Crippen molar-refractivity contribution >= 4 is 28.9 Å². The van der Waals surface area contributed by atoms with Crippen molar-refractivity contribution in [3.63, 3.8) is 0 Å². The third-order valence-corrected chi connectivity index (χ3v) is 7.05. The molecule has 218 valence electrons. The zero-order valence-electron chi connectivity index (χ0n) is 23.3. The third kappa shape index (κ3) is 5.24. The molecule has 2 fully saturated rings. The summed E-state index contributed by atoms with van der Waals surface area (Å²) in [5, 5.41) is 2.80. The van der Waals surface area contributed by atoms with Gasteiger partial charge >= 0.3 is 5.97 Å². The van der Waals surface area contributed by atoms with Crippen LogP contribution in [0, 0.1) is 0 Å². The molecule has 0 aliphatic carbocycles. The van der Waals surface area contributed by atoms with Gasteiger partial charge < -0.3 is 33.7 Å². The molecule has 13 heteroatoms. The number of nitrogens with one attached hydrogen (secondary N) is 1. The quantitative estimate of drug-likeness (QED) is 0.309. The van der Waals surface area contributed by atoms with Crippen LogP contribution in [-0.2, 0) is 18.9 Å². The second kappa shape index (κ2) is 11.0. The van der Waals surface area contributed by atoms with E-state index in [0.29, 0.717) is 33.8 Å². The summed E-state index contributed by atoms with van der Waals surface area (Å²) < 4.78 is 36.3. The molecule has 42 heavy (non-hydrogen) atoms. The van der Waals surface area contributed by atoms with Crippen LogP contribution < -0.4 is 14.8 Å². The lowest BCUT2D eigenvalue weighted by atomic mass is 10.1. The zero-order chi connectivity index (χ0) is 29.4. The Labute approximate surface area is 240 Å². The molecule has 0 radical (unpaired) electrons. The van der Waals surface area contributed by atoms with Crippen LogP contribution in [-0.4, -0.2) is 76.3 Å². The first-order valence-electron chi connectivity index (χ1n) is 13.2. The third-order valence-electron chi connectivity index (χ3n) is 7.05. The monoisotopic (exact) mass is 575 g/mol. The van der Waals surface area contributed by atoms with Crippen LogP contribution in [0.1, 0.15) is 40.8 Å². The van der Waals surface area contributed by atoms with Crippen LogP contribution in [0.3, 0.4) is 0 Å². The number of imidazole rings is 1. The van der Waals surface area contributed by atoms with Crippen molar-refractivity contribution in [1.82, 2.24) is 19.5 Å². The van der Waals surface area contributed by atoms with E-state index < -0.39 is 36.3 Å². The number of nitrogens with zero attached hydrogens (tertiary/aromatic N) is 4. The second-order valence-electron chi connectivity index (χ2n) is 10.2. The number of methoxy groups -OCH3 is 2. The number of anilines is 1. The van der Waals surface area contributed by atoms with Crippen LogP contribution in [0.15, 0.2) is 61.2 Å². The lowest BCUT2D eigenvalue weighted by Gasteiger charge is -2.24. The first-order valence-corrected chi connectivity index (χ1v) is 13.2. The fourth-order valence-corrected chi connectivity index (χ4v) is 5.04. The van der Waals surface area contributed by atoms with E-state index in [-0.39, 0.29) is 18.3 Å². The van der Waals surface area contributed by atoms with Crippen molar-refractivity contribution in [1.29, 1.82) is 0 Å². The van der Waals surface area contributed by atoms with Crippen molar-refractivity contribution in [3.05, 3.63) is 72.3 Å². The standard InChI is InChI=1S/C29H29N5O8/c1-29(2)41-22-20(13-39-28(36)17-7-11-19(38-4)12-8-17)40-27(23(22)42-29)34-15-32-21-24(30-14-31-25(21)34)33-26(35)16-5-9-18(37-3)10-6-16/h5-12,14-15,20,22-23,27H,13H2,1-4H3,(H,30,31,33,35)/t20-,22-,23-,27-/m1/s1. The van der Waals surface area contributed by atoms with E-state index in [4.69, 9.17) is 28.4 Å². The summed E-state index contributed by atoms with van der Waals surface area (Å²) >= 11 is 0. The van der Waals surface area contributed by atoms with Gasteiger partial charge in [-0.05, 0) is 62.4 Å². The second-order valence-corrected chi connectivity index (χ2v) is 10.2. The highest BCUT2D eigenvalue weighted by Gasteiger charge is 2.56. The van der Waals surface area contributed by atoms with Crippen LogP contribution in [0.25, 0.3) is 11.2 Å². The van der Waals surface area contributed by atoms with E-state index in [1.165, 1.54) is 6.33 Å². The first-order chi connectivity index (χ1) is 20.3. The minimum atomic E-state index is -0.890. The van der Waals surface area contributed by atoms with Crippen LogP contribution >= 0.6 is 0 Å². The summed E-state index contributed by atoms with van der Waals surface area (Å²) in [4.78, 5) is 38.7. The van der Waals surface area contributed by atoms with Gasteiger partial charge in [0.15, 0.2) is 29.0 Å². The fourth-order valence-electron chi connectivity index (χ4n) is 5.04. The van der Waals surface area contributed by atoms with Gasteiger partial charge in [0.2, 0.25) is 0 Å². The van der Waals surface area contributed by atoms with E-state index in [1.54, 1.807) is 73.6 Å². The fraction of sp³-hybridized carbons (Fsp3) is 0.345. The molecule has 2 saturated heterocycles. The van der Waals surface area contributed by atoms with Crippen molar-refractivity contribution < 1.29 is 38.0 Å². The van der Waals surface area contributed by atoms with Gasteiger partial charge in [-0.25, -0.2) is 19.7 Å². The predicted molar refractivity (Wildman–Crippen MR) is 147 cm³/mol. The number of hydrogen-bond donors (Lipinski definition) is 1. The number of benzene rings is 2. The number of esters is 1. The molecule has 0 spiro atoms. The van der Waals surface area contributed by atoms with Crippen LogP contribution in [0.4, 0.5) is 5.82 Å². The molecule has 2 aliphatic heterocycles. The lowest BCUT2D eigenvalue weighted by Crippen LogP contribution is -2.33. The Morgan fingerprint density at radius 3 is 2.21 bits per heavy atom. The average molecular weight is 576 g/mol. The molecule has 0 saturated carbocycles. The molecule has 4 atom stereocenters. The molecule has 0 bridgehead atoms. The Balaban J connectivity index is 1.21. The van der Waals surface area contributed by atoms with E-state index in [2.05, 4.69) is 20.3 Å². The molecule has 0 unspecified atom stereocenters. The lowest BCUT2D eigenvalue weighted by molar-refractivity contribution is -0.199. The van der Waals surface area contributed by atoms with Gasteiger partial charge in [-0.2, -0.15) is 0 Å². The normalized spacial score (nSPS) is 22.5. The summed E-state index contributed by atoms with van der Waals surface area (Å²) in [5.41, 5.74) is 1.59. The molecule has 2 aromatic carbocycles. The van der Waals surface area contributed by atoms with Gasteiger partial charge in [-0.1, -0.05) is 0 Å². The van der Waals surface area contributed by atoms with Gasteiger partial charge in [0.1, 0.15) is 42.7 Å². The van der Waals surface area contributed by atoms with Crippen molar-refractivity contribution in [2.75, 3.05) is 26.1 Å². The number of fused-ring (bicyclic) bond motifs is 2. The highest BCUT2D eigenvalue weighted by Crippen LogP contribution is 2.44. The topological polar surface area (TPSA) is 145 Å². The Bertz CT molecular complexity index is 1600. The van der Waals surface area contributed by atoms with Crippen molar-refractivity contribution in [2.24, 2.45) is 0 Å².